The highest BCUT2D eigenvalue weighted by Gasteiger charge is 2.23. The van der Waals surface area contributed by atoms with Crippen molar-refractivity contribution in [2.24, 2.45) is 0 Å². The van der Waals surface area contributed by atoms with Gasteiger partial charge in [-0.1, -0.05) is 26.8 Å². The lowest BCUT2D eigenvalue weighted by molar-refractivity contribution is -0.115. The second kappa shape index (κ2) is 5.68. The Hall–Kier alpha value is -2.17. The summed E-state index contributed by atoms with van der Waals surface area (Å²) in [5.74, 6) is 0.487. The minimum Gasteiger partial charge on any atom is -0.444 e. The molecule has 1 N–H and O–H groups in total. The first-order valence-corrected chi connectivity index (χ1v) is 6.78. The Balaban J connectivity index is 2.08. The Morgan fingerprint density at radius 1 is 1.38 bits per heavy atom. The van der Waals surface area contributed by atoms with Gasteiger partial charge in [-0.15, -0.1) is 0 Å². The highest BCUT2D eigenvalue weighted by molar-refractivity contribution is 5.91. The number of oxazole rings is 1. The van der Waals surface area contributed by atoms with E-state index in [-0.39, 0.29) is 17.7 Å². The number of benzene rings is 1. The Bertz CT molecular complexity index is 657. The number of hydrogen-bond donors (Lipinski definition) is 1. The quantitative estimate of drug-likeness (QED) is 0.939. The van der Waals surface area contributed by atoms with Crippen LogP contribution in [-0.2, 0) is 16.6 Å². The number of aryl methyl sites for hydroxylation is 1. The van der Waals surface area contributed by atoms with Crippen molar-refractivity contribution < 1.29 is 13.6 Å². The minimum atomic E-state index is -0.390. The third-order valence-electron chi connectivity index (χ3n) is 2.96. The second-order valence-electron chi connectivity index (χ2n) is 6.01. The van der Waals surface area contributed by atoms with Crippen LogP contribution in [0.2, 0.25) is 0 Å². The van der Waals surface area contributed by atoms with E-state index in [1.807, 2.05) is 27.7 Å². The lowest BCUT2D eigenvalue weighted by Crippen LogP contribution is -2.14. The summed E-state index contributed by atoms with van der Waals surface area (Å²) in [5.41, 5.74) is 0.921. The molecule has 1 amide bonds. The second-order valence-corrected chi connectivity index (χ2v) is 6.01. The van der Waals surface area contributed by atoms with E-state index in [0.717, 1.165) is 0 Å². The topological polar surface area (TPSA) is 55.1 Å². The van der Waals surface area contributed by atoms with Gasteiger partial charge in [0.05, 0.1) is 12.1 Å². The number of rotatable bonds is 3. The maximum Gasteiger partial charge on any atom is 0.232 e. The zero-order valence-electron chi connectivity index (χ0n) is 12.7. The third kappa shape index (κ3) is 3.90. The van der Waals surface area contributed by atoms with Crippen LogP contribution < -0.4 is 5.32 Å². The van der Waals surface area contributed by atoms with Crippen LogP contribution in [0.3, 0.4) is 0 Å². The minimum absolute atomic E-state index is 0.0748. The molecule has 0 saturated carbocycles. The molecule has 0 bridgehead atoms. The van der Waals surface area contributed by atoms with Gasteiger partial charge in [0, 0.05) is 11.1 Å². The summed E-state index contributed by atoms with van der Waals surface area (Å²) in [6.07, 6.45) is 0.0748. The summed E-state index contributed by atoms with van der Waals surface area (Å²) < 4.78 is 18.7. The Kier molecular flexibility index (Phi) is 4.11. The monoisotopic (exact) mass is 290 g/mol. The molecule has 0 saturated heterocycles. The number of aromatic nitrogens is 1. The summed E-state index contributed by atoms with van der Waals surface area (Å²) in [5, 5.41) is 2.64. The van der Waals surface area contributed by atoms with Gasteiger partial charge in [0.25, 0.3) is 0 Å². The van der Waals surface area contributed by atoms with E-state index >= 15 is 0 Å². The number of anilines is 1. The molecule has 1 heterocycles. The lowest BCUT2D eigenvalue weighted by Gasteiger charge is -2.12. The van der Waals surface area contributed by atoms with Crippen molar-refractivity contribution in [1.82, 2.24) is 4.98 Å². The molecule has 0 radical (unpaired) electrons. The van der Waals surface area contributed by atoms with Crippen LogP contribution in [-0.4, -0.2) is 10.9 Å². The zero-order chi connectivity index (χ0) is 15.6. The molecule has 0 aliphatic carbocycles. The van der Waals surface area contributed by atoms with E-state index in [9.17, 15) is 9.18 Å². The van der Waals surface area contributed by atoms with Gasteiger partial charge in [-0.05, 0) is 25.1 Å². The molecule has 2 rings (SSSR count). The van der Waals surface area contributed by atoms with Gasteiger partial charge in [-0.3, -0.25) is 4.79 Å². The maximum absolute atomic E-state index is 13.1. The number of nitrogens with one attached hydrogen (secondary N) is 1. The number of carbonyl (C=O) groups is 1. The fraction of sp³-hybridized carbons (Fsp3) is 0.375. The van der Waals surface area contributed by atoms with Crippen LogP contribution in [0.25, 0.3) is 0 Å². The molecular weight excluding hydrogens is 271 g/mol. The van der Waals surface area contributed by atoms with Gasteiger partial charge in [0.1, 0.15) is 11.6 Å². The van der Waals surface area contributed by atoms with Gasteiger partial charge in [-0.25, -0.2) is 9.37 Å². The molecule has 1 aromatic carbocycles. The first kappa shape index (κ1) is 15.2. The van der Waals surface area contributed by atoms with Crippen molar-refractivity contribution in [3.8, 4) is 0 Å². The van der Waals surface area contributed by atoms with Gasteiger partial charge < -0.3 is 9.73 Å². The largest absolute Gasteiger partial charge is 0.444 e. The number of halogens is 1. The average Bonchev–Trinajstić information content (AvgIpc) is 2.70. The van der Waals surface area contributed by atoms with Crippen molar-refractivity contribution in [2.75, 3.05) is 5.32 Å². The number of carbonyl (C=O) groups excluding carboxylic acids is 1. The highest BCUT2D eigenvalue weighted by Crippen LogP contribution is 2.24. The van der Waals surface area contributed by atoms with E-state index in [4.69, 9.17) is 4.42 Å². The molecular formula is C16H19FN2O2. The van der Waals surface area contributed by atoms with Gasteiger partial charge >= 0.3 is 0 Å². The summed E-state index contributed by atoms with van der Waals surface area (Å²) in [6.45, 7) is 7.79. The third-order valence-corrected chi connectivity index (χ3v) is 2.96. The first-order chi connectivity index (χ1) is 9.75. The SMILES string of the molecule is Cc1nc(C(C)(C)C)oc1CC(=O)Nc1cccc(F)c1. The summed E-state index contributed by atoms with van der Waals surface area (Å²) >= 11 is 0. The van der Waals surface area contributed by atoms with Crippen molar-refractivity contribution in [3.05, 3.63) is 47.4 Å². The number of hydrogen-bond acceptors (Lipinski definition) is 3. The van der Waals surface area contributed by atoms with E-state index in [2.05, 4.69) is 10.3 Å². The molecule has 0 fully saturated rings. The molecule has 0 aliphatic heterocycles. The Morgan fingerprint density at radius 2 is 2.10 bits per heavy atom. The van der Waals surface area contributed by atoms with Gasteiger partial charge in [0.2, 0.25) is 5.91 Å². The smallest absolute Gasteiger partial charge is 0.232 e. The van der Waals surface area contributed by atoms with Crippen molar-refractivity contribution >= 4 is 11.6 Å². The normalized spacial score (nSPS) is 11.5. The molecule has 5 heteroatoms. The van der Waals surface area contributed by atoms with Crippen molar-refractivity contribution in [2.45, 2.75) is 39.5 Å². The van der Waals surface area contributed by atoms with Crippen molar-refractivity contribution in [3.63, 3.8) is 0 Å². The molecule has 4 nitrogen and oxygen atoms in total. The molecule has 21 heavy (non-hydrogen) atoms. The van der Waals surface area contributed by atoms with E-state index in [1.165, 1.54) is 12.1 Å². The lowest BCUT2D eigenvalue weighted by atomic mass is 9.97. The molecule has 112 valence electrons. The fourth-order valence-electron chi connectivity index (χ4n) is 1.83. The van der Waals surface area contributed by atoms with Gasteiger partial charge in [0.15, 0.2) is 5.89 Å². The molecule has 0 atom stereocenters. The Labute approximate surface area is 123 Å². The molecule has 1 aromatic heterocycles. The van der Waals surface area contributed by atoms with Gasteiger partial charge in [-0.2, -0.15) is 0 Å². The highest BCUT2D eigenvalue weighted by atomic mass is 19.1. The van der Waals surface area contributed by atoms with Crippen LogP contribution in [0.5, 0.6) is 0 Å². The average molecular weight is 290 g/mol. The number of nitrogens with zero attached hydrogens (tertiary/aromatic N) is 1. The van der Waals surface area contributed by atoms with Crippen LogP contribution in [0.4, 0.5) is 10.1 Å². The molecule has 0 spiro atoms. The Morgan fingerprint density at radius 3 is 2.67 bits per heavy atom. The van der Waals surface area contributed by atoms with E-state index in [1.54, 1.807) is 12.1 Å². The summed E-state index contributed by atoms with van der Waals surface area (Å²) in [7, 11) is 0. The predicted molar refractivity (Wildman–Crippen MR) is 78.7 cm³/mol. The molecule has 0 unspecified atom stereocenters. The van der Waals surface area contributed by atoms with Crippen molar-refractivity contribution in [1.29, 1.82) is 0 Å². The fourth-order valence-corrected chi connectivity index (χ4v) is 1.83. The standard InChI is InChI=1S/C16H19FN2O2/c1-10-13(21-15(18-10)16(2,3)4)9-14(20)19-12-7-5-6-11(17)8-12/h5-8H,9H2,1-4H3,(H,19,20). The molecule has 2 aromatic rings. The summed E-state index contributed by atoms with van der Waals surface area (Å²) in [4.78, 5) is 16.3. The van der Waals surface area contributed by atoms with Crippen LogP contribution >= 0.6 is 0 Å². The van der Waals surface area contributed by atoms with Crippen LogP contribution in [0.15, 0.2) is 28.7 Å². The predicted octanol–water partition coefficient (Wildman–Crippen LogP) is 3.60. The number of amides is 1. The van der Waals surface area contributed by atoms with E-state index in [0.29, 0.717) is 23.0 Å². The van der Waals surface area contributed by atoms with Crippen LogP contribution in [0.1, 0.15) is 38.1 Å². The molecule has 0 aliphatic rings. The maximum atomic E-state index is 13.1. The summed E-state index contributed by atoms with van der Waals surface area (Å²) in [6, 6.07) is 5.77. The van der Waals surface area contributed by atoms with E-state index < -0.39 is 5.82 Å². The van der Waals surface area contributed by atoms with Crippen LogP contribution in [0, 0.1) is 12.7 Å². The zero-order valence-corrected chi connectivity index (χ0v) is 12.7. The first-order valence-electron chi connectivity index (χ1n) is 6.78.